The number of aromatic nitrogens is 1. The van der Waals surface area contributed by atoms with Gasteiger partial charge in [-0.15, -0.1) is 0 Å². The molecular weight excluding hydrogens is 292 g/mol. The van der Waals surface area contributed by atoms with E-state index >= 15 is 0 Å². The molecule has 0 spiro atoms. The van der Waals surface area contributed by atoms with Crippen LogP contribution in [0.1, 0.15) is 38.3 Å². The molecule has 3 nitrogen and oxygen atoms in total. The topological polar surface area (TPSA) is 45.2 Å². The van der Waals surface area contributed by atoms with Crippen LogP contribution in [0.15, 0.2) is 16.6 Å². The normalized spacial score (nSPS) is 28.1. The number of hydrogen-bond acceptors (Lipinski definition) is 3. The Morgan fingerprint density at radius 3 is 2.72 bits per heavy atom. The molecular formula is C14H21BrN2O. The van der Waals surface area contributed by atoms with Crippen molar-refractivity contribution in [2.75, 3.05) is 11.9 Å². The molecule has 1 aromatic heterocycles. The molecule has 1 saturated carbocycles. The van der Waals surface area contributed by atoms with E-state index in [0.29, 0.717) is 6.54 Å². The van der Waals surface area contributed by atoms with Crippen molar-refractivity contribution in [3.8, 4) is 0 Å². The quantitative estimate of drug-likeness (QED) is 0.897. The molecule has 2 rings (SSSR count). The Balaban J connectivity index is 1.92. The molecule has 0 bridgehead atoms. The van der Waals surface area contributed by atoms with E-state index in [-0.39, 0.29) is 0 Å². The van der Waals surface area contributed by atoms with Gasteiger partial charge in [-0.05, 0) is 66.6 Å². The lowest BCUT2D eigenvalue weighted by Gasteiger charge is -2.35. The summed E-state index contributed by atoms with van der Waals surface area (Å²) in [6.07, 6.45) is 4.00. The fourth-order valence-electron chi connectivity index (χ4n) is 2.37. The van der Waals surface area contributed by atoms with Crippen LogP contribution in [0.25, 0.3) is 0 Å². The maximum atomic E-state index is 10.5. The minimum Gasteiger partial charge on any atom is -0.388 e. The number of nitrogens with zero attached hydrogens (tertiary/aromatic N) is 1. The van der Waals surface area contributed by atoms with Gasteiger partial charge in [0, 0.05) is 11.0 Å². The van der Waals surface area contributed by atoms with Gasteiger partial charge < -0.3 is 10.4 Å². The number of aliphatic hydroxyl groups is 1. The molecule has 4 heteroatoms. The predicted molar refractivity (Wildman–Crippen MR) is 77.7 cm³/mol. The Labute approximate surface area is 117 Å². The molecule has 0 aromatic carbocycles. The largest absolute Gasteiger partial charge is 0.388 e. The summed E-state index contributed by atoms with van der Waals surface area (Å²) in [7, 11) is 0. The van der Waals surface area contributed by atoms with Crippen molar-refractivity contribution in [3.63, 3.8) is 0 Å². The smallest absolute Gasteiger partial charge is 0.126 e. The summed E-state index contributed by atoms with van der Waals surface area (Å²) in [5.41, 5.74) is 0.402. The van der Waals surface area contributed by atoms with Crippen LogP contribution in [-0.2, 0) is 0 Å². The standard InChI is InChI=1S/C14H21BrN2O/c1-10-5-7-14(18,8-6-10)9-16-13-4-3-12(15)11(2)17-13/h3-4,10,18H,5-9H2,1-2H3,(H,16,17). The van der Waals surface area contributed by atoms with Crippen molar-refractivity contribution in [3.05, 3.63) is 22.3 Å². The third-order valence-electron chi connectivity index (χ3n) is 3.82. The van der Waals surface area contributed by atoms with Crippen LogP contribution in [0.2, 0.25) is 0 Å². The number of aryl methyl sites for hydroxylation is 1. The van der Waals surface area contributed by atoms with Crippen LogP contribution in [0.5, 0.6) is 0 Å². The first-order valence-electron chi connectivity index (χ1n) is 6.58. The van der Waals surface area contributed by atoms with E-state index in [1.807, 2.05) is 19.1 Å². The molecule has 1 aromatic rings. The fourth-order valence-corrected chi connectivity index (χ4v) is 2.59. The Hall–Kier alpha value is -0.610. The molecule has 0 radical (unpaired) electrons. The van der Waals surface area contributed by atoms with Gasteiger partial charge in [0.15, 0.2) is 0 Å². The van der Waals surface area contributed by atoms with E-state index in [1.165, 1.54) is 0 Å². The third kappa shape index (κ3) is 3.45. The lowest BCUT2D eigenvalue weighted by molar-refractivity contribution is 0.00494. The summed E-state index contributed by atoms with van der Waals surface area (Å²) in [4.78, 5) is 4.43. The van der Waals surface area contributed by atoms with Gasteiger partial charge in [-0.3, -0.25) is 0 Å². The first-order chi connectivity index (χ1) is 8.48. The van der Waals surface area contributed by atoms with Gasteiger partial charge in [-0.1, -0.05) is 6.92 Å². The van der Waals surface area contributed by atoms with E-state index in [0.717, 1.165) is 47.6 Å². The second-order valence-corrected chi connectivity index (χ2v) is 6.38. The van der Waals surface area contributed by atoms with Gasteiger partial charge >= 0.3 is 0 Å². The highest BCUT2D eigenvalue weighted by molar-refractivity contribution is 9.10. The molecule has 0 atom stereocenters. The van der Waals surface area contributed by atoms with Crippen LogP contribution in [0.4, 0.5) is 5.82 Å². The summed E-state index contributed by atoms with van der Waals surface area (Å²) >= 11 is 3.43. The SMILES string of the molecule is Cc1nc(NCC2(O)CCC(C)CC2)ccc1Br. The van der Waals surface area contributed by atoms with Crippen molar-refractivity contribution in [2.24, 2.45) is 5.92 Å². The van der Waals surface area contributed by atoms with Gasteiger partial charge in [0.05, 0.1) is 11.3 Å². The van der Waals surface area contributed by atoms with Gasteiger partial charge in [0.2, 0.25) is 0 Å². The zero-order valence-electron chi connectivity index (χ0n) is 11.0. The number of nitrogens with one attached hydrogen (secondary N) is 1. The highest BCUT2D eigenvalue weighted by Crippen LogP contribution is 2.31. The van der Waals surface area contributed by atoms with Crippen LogP contribution in [0, 0.1) is 12.8 Å². The second-order valence-electron chi connectivity index (χ2n) is 5.52. The molecule has 100 valence electrons. The minimum atomic E-state index is -0.560. The average Bonchev–Trinajstić information content (AvgIpc) is 2.35. The fraction of sp³-hybridized carbons (Fsp3) is 0.643. The molecule has 0 unspecified atom stereocenters. The Morgan fingerprint density at radius 2 is 2.11 bits per heavy atom. The minimum absolute atomic E-state index is 0.560. The number of rotatable bonds is 3. The molecule has 0 amide bonds. The number of pyridine rings is 1. The van der Waals surface area contributed by atoms with Gasteiger partial charge in [-0.2, -0.15) is 0 Å². The molecule has 1 heterocycles. The van der Waals surface area contributed by atoms with Gasteiger partial charge in [0.1, 0.15) is 5.82 Å². The zero-order valence-corrected chi connectivity index (χ0v) is 12.6. The molecule has 0 saturated heterocycles. The van der Waals surface area contributed by atoms with Crippen molar-refractivity contribution < 1.29 is 5.11 Å². The van der Waals surface area contributed by atoms with E-state index in [1.54, 1.807) is 0 Å². The van der Waals surface area contributed by atoms with Crippen molar-refractivity contribution in [2.45, 2.75) is 45.1 Å². The first-order valence-corrected chi connectivity index (χ1v) is 7.37. The summed E-state index contributed by atoms with van der Waals surface area (Å²) in [5, 5.41) is 13.7. The predicted octanol–water partition coefficient (Wildman–Crippen LogP) is 3.51. The molecule has 1 fully saturated rings. The summed E-state index contributed by atoms with van der Waals surface area (Å²) in [6.45, 7) is 4.81. The van der Waals surface area contributed by atoms with E-state index in [2.05, 4.69) is 33.2 Å². The molecule has 1 aliphatic carbocycles. The summed E-state index contributed by atoms with van der Waals surface area (Å²) in [6, 6.07) is 3.92. The molecule has 18 heavy (non-hydrogen) atoms. The number of hydrogen-bond donors (Lipinski definition) is 2. The van der Waals surface area contributed by atoms with Crippen LogP contribution >= 0.6 is 15.9 Å². The maximum absolute atomic E-state index is 10.5. The summed E-state index contributed by atoms with van der Waals surface area (Å²) < 4.78 is 1.01. The van der Waals surface area contributed by atoms with E-state index in [4.69, 9.17) is 0 Å². The van der Waals surface area contributed by atoms with Crippen LogP contribution in [-0.4, -0.2) is 22.2 Å². The lowest BCUT2D eigenvalue weighted by Crippen LogP contribution is -2.40. The van der Waals surface area contributed by atoms with E-state index in [9.17, 15) is 5.11 Å². The van der Waals surface area contributed by atoms with Crippen LogP contribution in [0.3, 0.4) is 0 Å². The van der Waals surface area contributed by atoms with Crippen molar-refractivity contribution in [1.29, 1.82) is 0 Å². The number of halogens is 1. The molecule has 2 N–H and O–H groups in total. The number of anilines is 1. The second kappa shape index (κ2) is 5.57. The Kier molecular flexibility index (Phi) is 4.28. The maximum Gasteiger partial charge on any atom is 0.126 e. The first kappa shape index (κ1) is 13.8. The van der Waals surface area contributed by atoms with Crippen molar-refractivity contribution >= 4 is 21.7 Å². The average molecular weight is 313 g/mol. The lowest BCUT2D eigenvalue weighted by atomic mass is 9.79. The van der Waals surface area contributed by atoms with Gasteiger partial charge in [-0.25, -0.2) is 4.98 Å². The molecule has 1 aliphatic rings. The zero-order chi connectivity index (χ0) is 13.2. The Morgan fingerprint density at radius 1 is 1.44 bits per heavy atom. The highest BCUT2D eigenvalue weighted by Gasteiger charge is 2.31. The van der Waals surface area contributed by atoms with E-state index < -0.39 is 5.60 Å². The van der Waals surface area contributed by atoms with Crippen molar-refractivity contribution in [1.82, 2.24) is 4.98 Å². The van der Waals surface area contributed by atoms with Crippen LogP contribution < -0.4 is 5.32 Å². The Bertz CT molecular complexity index is 414. The summed E-state index contributed by atoms with van der Waals surface area (Å²) in [5.74, 6) is 1.58. The monoisotopic (exact) mass is 312 g/mol. The van der Waals surface area contributed by atoms with Gasteiger partial charge in [0.25, 0.3) is 0 Å². The molecule has 0 aliphatic heterocycles. The third-order valence-corrected chi connectivity index (χ3v) is 4.66. The highest BCUT2D eigenvalue weighted by atomic mass is 79.9.